The monoisotopic (exact) mass is 294 g/mol. The molecule has 1 heterocycles. The van der Waals surface area contributed by atoms with Crippen LogP contribution in [0.3, 0.4) is 0 Å². The predicted molar refractivity (Wildman–Crippen MR) is 77.8 cm³/mol. The molecule has 1 atom stereocenters. The van der Waals surface area contributed by atoms with E-state index in [1.165, 1.54) is 7.11 Å². The molecule has 1 aromatic carbocycles. The van der Waals surface area contributed by atoms with Gasteiger partial charge in [0.05, 0.1) is 33.4 Å². The van der Waals surface area contributed by atoms with Gasteiger partial charge in [-0.1, -0.05) is 12.1 Å². The lowest BCUT2D eigenvalue weighted by Crippen LogP contribution is -2.13. The summed E-state index contributed by atoms with van der Waals surface area (Å²) < 4.78 is 21.5. The zero-order valence-corrected chi connectivity index (χ0v) is 12.6. The Morgan fingerprint density at radius 1 is 1.38 bits per heavy atom. The number of carbonyl (C=O) groups excluding carboxylic acids is 1. The van der Waals surface area contributed by atoms with Gasteiger partial charge in [-0.05, 0) is 18.9 Å². The minimum Gasteiger partial charge on any atom is -0.493 e. The average Bonchev–Trinajstić information content (AvgIpc) is 3.01. The summed E-state index contributed by atoms with van der Waals surface area (Å²) in [5, 5.41) is 0. The number of rotatable bonds is 7. The fourth-order valence-corrected chi connectivity index (χ4v) is 2.42. The third-order valence-electron chi connectivity index (χ3n) is 3.55. The van der Waals surface area contributed by atoms with Gasteiger partial charge in [-0.25, -0.2) is 0 Å². The van der Waals surface area contributed by atoms with Crippen molar-refractivity contribution in [2.75, 3.05) is 27.4 Å². The Balaban J connectivity index is 2.01. The first kappa shape index (κ1) is 15.6. The molecule has 0 saturated carbocycles. The summed E-state index contributed by atoms with van der Waals surface area (Å²) in [5.74, 6) is 0.944. The molecule has 1 aliphatic rings. The normalized spacial score (nSPS) is 17.5. The molecule has 0 aromatic heterocycles. The van der Waals surface area contributed by atoms with Gasteiger partial charge in [-0.2, -0.15) is 0 Å². The van der Waals surface area contributed by atoms with Crippen LogP contribution in [0.1, 0.15) is 24.8 Å². The molecule has 0 spiro atoms. The molecule has 0 amide bonds. The maximum Gasteiger partial charge on any atom is 0.310 e. The molecule has 21 heavy (non-hydrogen) atoms. The molecule has 1 fully saturated rings. The molecule has 1 aromatic rings. The molecule has 1 saturated heterocycles. The lowest BCUT2D eigenvalue weighted by atomic mass is 10.1. The Morgan fingerprint density at radius 2 is 2.24 bits per heavy atom. The van der Waals surface area contributed by atoms with E-state index in [2.05, 4.69) is 0 Å². The number of para-hydroxylation sites is 1. The van der Waals surface area contributed by atoms with E-state index in [1.54, 1.807) is 7.11 Å². The molecule has 5 heteroatoms. The van der Waals surface area contributed by atoms with Crippen LogP contribution in [0.4, 0.5) is 0 Å². The third kappa shape index (κ3) is 4.36. The van der Waals surface area contributed by atoms with Crippen LogP contribution in [-0.4, -0.2) is 39.5 Å². The fraction of sp³-hybridized carbons (Fsp3) is 0.562. The van der Waals surface area contributed by atoms with E-state index in [0.717, 1.165) is 31.4 Å². The molecule has 0 radical (unpaired) electrons. The molecule has 1 unspecified atom stereocenters. The van der Waals surface area contributed by atoms with Gasteiger partial charge in [0.25, 0.3) is 0 Å². The summed E-state index contributed by atoms with van der Waals surface area (Å²) >= 11 is 0. The number of hydrogen-bond acceptors (Lipinski definition) is 5. The van der Waals surface area contributed by atoms with Crippen molar-refractivity contribution in [3.8, 4) is 11.5 Å². The summed E-state index contributed by atoms with van der Waals surface area (Å²) in [5.41, 5.74) is 0.772. The summed E-state index contributed by atoms with van der Waals surface area (Å²) in [6, 6.07) is 5.51. The van der Waals surface area contributed by atoms with Crippen LogP contribution >= 0.6 is 0 Å². The van der Waals surface area contributed by atoms with Crippen LogP contribution in [0.5, 0.6) is 11.5 Å². The molecule has 0 N–H and O–H groups in total. The summed E-state index contributed by atoms with van der Waals surface area (Å²) in [6.45, 7) is 1.38. The Hall–Kier alpha value is -1.75. The molecule has 116 valence electrons. The van der Waals surface area contributed by atoms with Gasteiger partial charge in [0, 0.05) is 18.6 Å². The fourth-order valence-electron chi connectivity index (χ4n) is 2.42. The van der Waals surface area contributed by atoms with E-state index in [4.69, 9.17) is 18.9 Å². The summed E-state index contributed by atoms with van der Waals surface area (Å²) in [6.07, 6.45) is 3.50. The SMILES string of the molecule is COC(=O)Cc1cccc(OC)c1OCCC1CCCO1. The molecule has 0 aliphatic carbocycles. The van der Waals surface area contributed by atoms with Crippen LogP contribution < -0.4 is 9.47 Å². The van der Waals surface area contributed by atoms with Gasteiger partial charge in [0.2, 0.25) is 0 Å². The van der Waals surface area contributed by atoms with Crippen LogP contribution in [0.2, 0.25) is 0 Å². The molecular weight excluding hydrogens is 272 g/mol. The number of hydrogen-bond donors (Lipinski definition) is 0. The van der Waals surface area contributed by atoms with E-state index in [9.17, 15) is 4.79 Å². The lowest BCUT2D eigenvalue weighted by Gasteiger charge is -2.16. The van der Waals surface area contributed by atoms with Gasteiger partial charge >= 0.3 is 5.97 Å². The van der Waals surface area contributed by atoms with Crippen molar-refractivity contribution in [2.45, 2.75) is 31.8 Å². The smallest absolute Gasteiger partial charge is 0.310 e. The Labute approximate surface area is 125 Å². The number of esters is 1. The standard InChI is InChI=1S/C16H22O5/c1-18-14-7-3-5-12(11-15(17)19-2)16(14)21-10-8-13-6-4-9-20-13/h3,5,7,13H,4,6,8-11H2,1-2H3. The van der Waals surface area contributed by atoms with Crippen molar-refractivity contribution in [1.29, 1.82) is 0 Å². The first-order valence-electron chi connectivity index (χ1n) is 7.21. The van der Waals surface area contributed by atoms with Crippen LogP contribution in [0.25, 0.3) is 0 Å². The Morgan fingerprint density at radius 3 is 2.90 bits per heavy atom. The minimum atomic E-state index is -0.299. The van der Waals surface area contributed by atoms with Gasteiger partial charge in [-0.3, -0.25) is 4.79 Å². The average molecular weight is 294 g/mol. The second-order valence-corrected chi connectivity index (χ2v) is 4.97. The van der Waals surface area contributed by atoms with Crippen LogP contribution in [-0.2, 0) is 20.7 Å². The van der Waals surface area contributed by atoms with E-state index in [-0.39, 0.29) is 18.5 Å². The van der Waals surface area contributed by atoms with Gasteiger partial charge in [0.15, 0.2) is 11.5 Å². The molecule has 0 bridgehead atoms. The third-order valence-corrected chi connectivity index (χ3v) is 3.55. The molecule has 1 aliphatic heterocycles. The second-order valence-electron chi connectivity index (χ2n) is 4.97. The van der Waals surface area contributed by atoms with Crippen LogP contribution in [0.15, 0.2) is 18.2 Å². The first-order chi connectivity index (χ1) is 10.2. The molecule has 2 rings (SSSR count). The number of methoxy groups -OCH3 is 2. The van der Waals surface area contributed by atoms with Crippen molar-refractivity contribution >= 4 is 5.97 Å². The Bertz CT molecular complexity index is 466. The molecular formula is C16H22O5. The minimum absolute atomic E-state index is 0.170. The maximum absolute atomic E-state index is 11.5. The van der Waals surface area contributed by atoms with Gasteiger partial charge < -0.3 is 18.9 Å². The summed E-state index contributed by atoms with van der Waals surface area (Å²) in [7, 11) is 2.96. The maximum atomic E-state index is 11.5. The van der Waals surface area contributed by atoms with Crippen molar-refractivity contribution < 1.29 is 23.7 Å². The highest BCUT2D eigenvalue weighted by Gasteiger charge is 2.17. The highest BCUT2D eigenvalue weighted by molar-refractivity contribution is 5.74. The number of carbonyl (C=O) groups is 1. The highest BCUT2D eigenvalue weighted by Crippen LogP contribution is 2.32. The quantitative estimate of drug-likeness (QED) is 0.723. The lowest BCUT2D eigenvalue weighted by molar-refractivity contribution is -0.139. The van der Waals surface area contributed by atoms with E-state index < -0.39 is 0 Å². The summed E-state index contributed by atoms with van der Waals surface area (Å²) in [4.78, 5) is 11.5. The zero-order valence-electron chi connectivity index (χ0n) is 12.6. The van der Waals surface area contributed by atoms with Gasteiger partial charge in [0.1, 0.15) is 0 Å². The zero-order chi connectivity index (χ0) is 15.1. The Kier molecular flexibility index (Phi) is 5.87. The second kappa shape index (κ2) is 7.88. The number of benzene rings is 1. The van der Waals surface area contributed by atoms with Crippen molar-refractivity contribution in [1.82, 2.24) is 0 Å². The first-order valence-corrected chi connectivity index (χ1v) is 7.21. The highest BCUT2D eigenvalue weighted by atomic mass is 16.5. The van der Waals surface area contributed by atoms with E-state index >= 15 is 0 Å². The van der Waals surface area contributed by atoms with Crippen LogP contribution in [0, 0.1) is 0 Å². The molecule has 5 nitrogen and oxygen atoms in total. The topological polar surface area (TPSA) is 54.0 Å². The predicted octanol–water partition coefficient (Wildman–Crippen LogP) is 2.36. The van der Waals surface area contributed by atoms with Crippen molar-refractivity contribution in [3.05, 3.63) is 23.8 Å². The van der Waals surface area contributed by atoms with Crippen molar-refractivity contribution in [2.24, 2.45) is 0 Å². The largest absolute Gasteiger partial charge is 0.493 e. The van der Waals surface area contributed by atoms with Crippen molar-refractivity contribution in [3.63, 3.8) is 0 Å². The van der Waals surface area contributed by atoms with E-state index in [1.807, 2.05) is 18.2 Å². The van der Waals surface area contributed by atoms with E-state index in [0.29, 0.717) is 18.1 Å². The van der Waals surface area contributed by atoms with Gasteiger partial charge in [-0.15, -0.1) is 0 Å². The number of ether oxygens (including phenoxy) is 4.